The molecule has 0 spiro atoms. The topological polar surface area (TPSA) is 75.7 Å². The third-order valence-corrected chi connectivity index (χ3v) is 5.85. The molecule has 1 N–H and O–H groups in total. The molecule has 0 radical (unpaired) electrons. The number of benzene rings is 3. The second-order valence-electron chi connectivity index (χ2n) is 7.16. The average Bonchev–Trinajstić information content (AvgIpc) is 2.78. The van der Waals surface area contributed by atoms with E-state index >= 15 is 0 Å². The summed E-state index contributed by atoms with van der Waals surface area (Å²) in [6.07, 6.45) is 1.30. The van der Waals surface area contributed by atoms with E-state index < -0.39 is 17.8 Å². The molecule has 0 bridgehead atoms. The Balaban J connectivity index is 1.57. The Morgan fingerprint density at radius 3 is 2.41 bits per heavy atom. The van der Waals surface area contributed by atoms with Crippen molar-refractivity contribution in [2.24, 2.45) is 0 Å². The fourth-order valence-electron chi connectivity index (χ4n) is 3.19. The Kier molecular flexibility index (Phi) is 6.88. The van der Waals surface area contributed by atoms with Crippen molar-refractivity contribution in [3.63, 3.8) is 0 Å². The van der Waals surface area contributed by atoms with Gasteiger partial charge in [0, 0.05) is 0 Å². The monoisotopic (exact) mass is 518 g/mol. The van der Waals surface area contributed by atoms with Gasteiger partial charge in [0.2, 0.25) is 0 Å². The highest BCUT2D eigenvalue weighted by molar-refractivity contribution is 6.43. The Hall–Kier alpha value is -3.39. The fraction of sp³-hybridized carbons (Fsp3) is 0.0417. The van der Waals surface area contributed by atoms with Crippen LogP contribution in [0.5, 0.6) is 5.75 Å². The number of imide groups is 2. The van der Waals surface area contributed by atoms with Crippen molar-refractivity contribution in [3.8, 4) is 5.75 Å². The van der Waals surface area contributed by atoms with Gasteiger partial charge in [-0.05, 0) is 59.7 Å². The summed E-state index contributed by atoms with van der Waals surface area (Å²) >= 11 is 18.2. The molecule has 3 aromatic rings. The van der Waals surface area contributed by atoms with Crippen molar-refractivity contribution >= 4 is 64.4 Å². The Labute approximate surface area is 208 Å². The van der Waals surface area contributed by atoms with Crippen LogP contribution in [0.4, 0.5) is 14.9 Å². The molecule has 6 nitrogen and oxygen atoms in total. The van der Waals surface area contributed by atoms with E-state index in [1.54, 1.807) is 24.3 Å². The van der Waals surface area contributed by atoms with Gasteiger partial charge in [-0.2, -0.15) is 0 Å². The number of anilines is 1. The van der Waals surface area contributed by atoms with E-state index in [0.717, 1.165) is 4.90 Å². The Morgan fingerprint density at radius 2 is 1.71 bits per heavy atom. The number of carbonyl (C=O) groups excluding carboxylic acids is 3. The number of carbonyl (C=O) groups is 3. The lowest BCUT2D eigenvalue weighted by Crippen LogP contribution is -2.54. The minimum absolute atomic E-state index is 0.0968. The molecule has 0 saturated carbocycles. The molecule has 4 rings (SSSR count). The lowest BCUT2D eigenvalue weighted by molar-refractivity contribution is -0.122. The number of barbiturate groups is 1. The van der Waals surface area contributed by atoms with E-state index in [-0.39, 0.29) is 38.8 Å². The predicted octanol–water partition coefficient (Wildman–Crippen LogP) is 6.03. The first-order chi connectivity index (χ1) is 16.2. The molecule has 0 aromatic heterocycles. The van der Waals surface area contributed by atoms with Gasteiger partial charge in [-0.1, -0.05) is 53.0 Å². The van der Waals surface area contributed by atoms with Crippen molar-refractivity contribution < 1.29 is 23.5 Å². The summed E-state index contributed by atoms with van der Waals surface area (Å²) in [5.74, 6) is -1.73. The molecule has 34 heavy (non-hydrogen) atoms. The highest BCUT2D eigenvalue weighted by atomic mass is 35.5. The molecule has 1 saturated heterocycles. The molecule has 0 unspecified atom stereocenters. The number of hydrogen-bond acceptors (Lipinski definition) is 4. The van der Waals surface area contributed by atoms with E-state index in [1.165, 1.54) is 42.5 Å². The molecule has 0 atom stereocenters. The van der Waals surface area contributed by atoms with Crippen molar-refractivity contribution in [2.75, 3.05) is 4.90 Å². The van der Waals surface area contributed by atoms with Crippen LogP contribution in [0.3, 0.4) is 0 Å². The molecule has 172 valence electrons. The fourth-order valence-corrected chi connectivity index (χ4v) is 3.73. The summed E-state index contributed by atoms with van der Waals surface area (Å²) in [4.78, 5) is 38.5. The van der Waals surface area contributed by atoms with Crippen molar-refractivity contribution in [3.05, 3.63) is 98.2 Å². The predicted molar refractivity (Wildman–Crippen MR) is 128 cm³/mol. The van der Waals surface area contributed by atoms with Crippen LogP contribution in [0.1, 0.15) is 11.1 Å². The zero-order chi connectivity index (χ0) is 24.4. The zero-order valence-corrected chi connectivity index (χ0v) is 19.4. The van der Waals surface area contributed by atoms with Crippen molar-refractivity contribution in [2.45, 2.75) is 6.61 Å². The molecule has 1 fully saturated rings. The van der Waals surface area contributed by atoms with Gasteiger partial charge in [0.25, 0.3) is 11.8 Å². The van der Waals surface area contributed by atoms with Gasteiger partial charge >= 0.3 is 6.03 Å². The second-order valence-corrected chi connectivity index (χ2v) is 8.39. The van der Waals surface area contributed by atoms with Gasteiger partial charge in [0.15, 0.2) is 0 Å². The van der Waals surface area contributed by atoms with Crippen molar-refractivity contribution in [1.29, 1.82) is 0 Å². The van der Waals surface area contributed by atoms with Crippen LogP contribution in [0, 0.1) is 5.82 Å². The van der Waals surface area contributed by atoms with Crippen LogP contribution in [0.25, 0.3) is 6.08 Å². The number of ether oxygens (including phenoxy) is 1. The minimum atomic E-state index is -0.912. The van der Waals surface area contributed by atoms with Gasteiger partial charge in [0.1, 0.15) is 23.7 Å². The summed E-state index contributed by atoms with van der Waals surface area (Å²) in [6, 6.07) is 13.9. The van der Waals surface area contributed by atoms with Crippen LogP contribution in [0.2, 0.25) is 15.1 Å². The highest BCUT2D eigenvalue weighted by Gasteiger charge is 2.37. The lowest BCUT2D eigenvalue weighted by atomic mass is 10.1. The Morgan fingerprint density at radius 1 is 0.912 bits per heavy atom. The molecule has 0 aliphatic carbocycles. The standard InChI is InChI=1S/C24H14Cl3FN2O4/c25-18-6-5-16(11-19(18)26)30-23(32)17(22(31)29-24(30)33)9-13-4-7-21(20(27)10-13)34-12-14-2-1-3-15(28)8-14/h1-11H,12H2,(H,29,31,33)/b17-9+. The SMILES string of the molecule is O=C1NC(=O)N(c2ccc(Cl)c(Cl)c2)C(=O)/C1=C/c1ccc(OCc2cccc(F)c2)c(Cl)c1. The van der Waals surface area contributed by atoms with Crippen LogP contribution in [0.15, 0.2) is 66.2 Å². The third kappa shape index (κ3) is 5.07. The number of urea groups is 1. The van der Waals surface area contributed by atoms with E-state index in [1.807, 2.05) is 0 Å². The number of nitrogens with one attached hydrogen (secondary N) is 1. The lowest BCUT2D eigenvalue weighted by Gasteiger charge is -2.26. The normalized spacial score (nSPS) is 15.0. The maximum atomic E-state index is 13.3. The quantitative estimate of drug-likeness (QED) is 0.330. The van der Waals surface area contributed by atoms with E-state index in [2.05, 4.69) is 5.32 Å². The number of hydrogen-bond donors (Lipinski definition) is 1. The Bertz CT molecular complexity index is 1360. The van der Waals surface area contributed by atoms with Crippen LogP contribution in [-0.4, -0.2) is 17.8 Å². The molecule has 3 aromatic carbocycles. The van der Waals surface area contributed by atoms with E-state index in [4.69, 9.17) is 39.5 Å². The summed E-state index contributed by atoms with van der Waals surface area (Å²) in [5, 5.41) is 2.73. The first-order valence-corrected chi connectivity index (χ1v) is 10.9. The van der Waals surface area contributed by atoms with E-state index in [0.29, 0.717) is 16.9 Å². The van der Waals surface area contributed by atoms with E-state index in [9.17, 15) is 18.8 Å². The van der Waals surface area contributed by atoms with Crippen LogP contribution in [-0.2, 0) is 16.2 Å². The van der Waals surface area contributed by atoms with Crippen molar-refractivity contribution in [1.82, 2.24) is 5.32 Å². The first kappa shape index (κ1) is 23.8. The van der Waals surface area contributed by atoms with Gasteiger partial charge < -0.3 is 4.74 Å². The summed E-state index contributed by atoms with van der Waals surface area (Å²) in [5.41, 5.74) is 0.911. The molecule has 1 aliphatic rings. The molecular weight excluding hydrogens is 506 g/mol. The molecule has 10 heteroatoms. The first-order valence-electron chi connectivity index (χ1n) is 9.76. The third-order valence-electron chi connectivity index (χ3n) is 4.81. The molecule has 4 amide bonds. The maximum absolute atomic E-state index is 13.3. The number of rotatable bonds is 5. The van der Waals surface area contributed by atoms with Gasteiger partial charge in [-0.3, -0.25) is 14.9 Å². The van der Waals surface area contributed by atoms with Gasteiger partial charge in [-0.25, -0.2) is 14.1 Å². The maximum Gasteiger partial charge on any atom is 0.335 e. The number of halogens is 4. The smallest absolute Gasteiger partial charge is 0.335 e. The average molecular weight is 520 g/mol. The highest BCUT2D eigenvalue weighted by Crippen LogP contribution is 2.31. The zero-order valence-electron chi connectivity index (χ0n) is 17.2. The minimum Gasteiger partial charge on any atom is -0.487 e. The summed E-state index contributed by atoms with van der Waals surface area (Å²) < 4.78 is 19.0. The second kappa shape index (κ2) is 9.85. The largest absolute Gasteiger partial charge is 0.487 e. The molecule has 1 heterocycles. The van der Waals surface area contributed by atoms with Crippen LogP contribution >= 0.6 is 34.8 Å². The van der Waals surface area contributed by atoms with Crippen LogP contribution < -0.4 is 15.0 Å². The summed E-state index contributed by atoms with van der Waals surface area (Å²) in [7, 11) is 0. The molecule has 1 aliphatic heterocycles. The summed E-state index contributed by atoms with van der Waals surface area (Å²) in [6.45, 7) is 0.0968. The molecular formula is C24H14Cl3FN2O4. The van der Waals surface area contributed by atoms with Gasteiger partial charge in [-0.15, -0.1) is 0 Å². The number of amides is 4. The van der Waals surface area contributed by atoms with Gasteiger partial charge in [0.05, 0.1) is 20.8 Å². The number of nitrogens with zero attached hydrogens (tertiary/aromatic N) is 1.